The van der Waals surface area contributed by atoms with Crippen LogP contribution in [0.2, 0.25) is 0 Å². The fourth-order valence-electron chi connectivity index (χ4n) is 5.85. The molecule has 2 aromatic carbocycles. The van der Waals surface area contributed by atoms with Gasteiger partial charge in [0.1, 0.15) is 11.4 Å². The first-order valence-corrected chi connectivity index (χ1v) is 11.2. The average Bonchev–Trinajstić information content (AvgIpc) is 3.12. The first-order chi connectivity index (χ1) is 13.7. The zero-order valence-corrected chi connectivity index (χ0v) is 18.5. The van der Waals surface area contributed by atoms with E-state index in [4.69, 9.17) is 4.74 Å². The fraction of sp³-hybridized carbons (Fsp3) is 0.538. The molecule has 0 saturated heterocycles. The normalized spacial score (nSPS) is 26.4. The molecule has 29 heavy (non-hydrogen) atoms. The number of ether oxygens (including phenoxy) is 1. The van der Waals surface area contributed by atoms with Crippen LogP contribution >= 0.6 is 0 Å². The predicted octanol–water partition coefficient (Wildman–Crippen LogP) is 5.81. The molecular weight excluding hydrogens is 356 g/mol. The summed E-state index contributed by atoms with van der Waals surface area (Å²) in [5.41, 5.74) is 9.81. The molecule has 3 nitrogen and oxygen atoms in total. The molecule has 2 N–H and O–H groups in total. The second-order valence-electron chi connectivity index (χ2n) is 10.5. The number of hydrogen-bond acceptors (Lipinski definition) is 3. The van der Waals surface area contributed by atoms with Gasteiger partial charge in [0.25, 0.3) is 0 Å². The van der Waals surface area contributed by atoms with Crippen molar-refractivity contribution in [2.75, 3.05) is 17.2 Å². The minimum Gasteiger partial charge on any atom is -0.487 e. The third-order valence-corrected chi connectivity index (χ3v) is 7.32. The molecule has 2 unspecified atom stereocenters. The standard InChI is InChI=1S/C26H34N2O/c1-16-21-14-26(5,12-18-10-11-19-8-6-7-9-22(19)27-15-18)29-24(21)17(2)20-13-25(3,4)28-23(16)20/h6-9,18,27-28H,10-15H2,1-5H3. The van der Waals surface area contributed by atoms with Crippen LogP contribution in [0.3, 0.4) is 0 Å². The monoisotopic (exact) mass is 390 g/mol. The molecule has 3 aliphatic rings. The largest absolute Gasteiger partial charge is 0.487 e. The van der Waals surface area contributed by atoms with E-state index in [0.717, 1.165) is 32.2 Å². The summed E-state index contributed by atoms with van der Waals surface area (Å²) < 4.78 is 6.76. The number of para-hydroxylation sites is 1. The number of rotatable bonds is 2. The van der Waals surface area contributed by atoms with Crippen molar-refractivity contribution < 1.29 is 4.74 Å². The first-order valence-electron chi connectivity index (χ1n) is 11.2. The Balaban J connectivity index is 1.37. The SMILES string of the molecule is Cc1c2c(c(C)c3c1NC(C)(C)C3)OC(C)(CC1CCc3ccccc3NC1)C2. The van der Waals surface area contributed by atoms with E-state index in [1.54, 1.807) is 0 Å². The number of anilines is 2. The van der Waals surface area contributed by atoms with Crippen molar-refractivity contribution in [1.82, 2.24) is 0 Å². The van der Waals surface area contributed by atoms with Crippen molar-refractivity contribution in [3.63, 3.8) is 0 Å². The Morgan fingerprint density at radius 3 is 2.66 bits per heavy atom. The van der Waals surface area contributed by atoms with Crippen molar-refractivity contribution in [3.8, 4) is 5.75 Å². The van der Waals surface area contributed by atoms with E-state index in [2.05, 4.69) is 69.5 Å². The second kappa shape index (κ2) is 6.42. The summed E-state index contributed by atoms with van der Waals surface area (Å²) in [6.07, 6.45) is 5.58. The molecule has 0 fully saturated rings. The Morgan fingerprint density at radius 1 is 1.03 bits per heavy atom. The van der Waals surface area contributed by atoms with E-state index in [1.807, 2.05) is 0 Å². The van der Waals surface area contributed by atoms with Gasteiger partial charge in [0.2, 0.25) is 0 Å². The van der Waals surface area contributed by atoms with Gasteiger partial charge in [-0.3, -0.25) is 0 Å². The van der Waals surface area contributed by atoms with Crippen molar-refractivity contribution in [3.05, 3.63) is 52.1 Å². The van der Waals surface area contributed by atoms with Crippen LogP contribution in [0.4, 0.5) is 11.4 Å². The maximum absolute atomic E-state index is 6.76. The van der Waals surface area contributed by atoms with Gasteiger partial charge in [-0.2, -0.15) is 0 Å². The number of fused-ring (bicyclic) bond motifs is 3. The molecule has 0 aliphatic carbocycles. The van der Waals surface area contributed by atoms with E-state index in [-0.39, 0.29) is 11.1 Å². The highest BCUT2D eigenvalue weighted by Gasteiger charge is 2.42. The molecule has 154 valence electrons. The lowest BCUT2D eigenvalue weighted by atomic mass is 9.84. The number of benzene rings is 2. The Kier molecular flexibility index (Phi) is 4.17. The van der Waals surface area contributed by atoms with Crippen LogP contribution in [0, 0.1) is 19.8 Å². The molecular formula is C26H34N2O. The molecule has 0 radical (unpaired) electrons. The van der Waals surface area contributed by atoms with Crippen LogP contribution in [0.25, 0.3) is 0 Å². The van der Waals surface area contributed by atoms with Crippen molar-refractivity contribution in [1.29, 1.82) is 0 Å². The molecule has 0 bridgehead atoms. The molecule has 0 amide bonds. The summed E-state index contributed by atoms with van der Waals surface area (Å²) in [5, 5.41) is 7.46. The molecule has 3 aliphatic heterocycles. The van der Waals surface area contributed by atoms with E-state index >= 15 is 0 Å². The lowest BCUT2D eigenvalue weighted by Crippen LogP contribution is -2.35. The predicted molar refractivity (Wildman–Crippen MR) is 121 cm³/mol. The van der Waals surface area contributed by atoms with Crippen molar-refractivity contribution in [2.24, 2.45) is 5.92 Å². The van der Waals surface area contributed by atoms with Crippen LogP contribution < -0.4 is 15.4 Å². The van der Waals surface area contributed by atoms with E-state index in [9.17, 15) is 0 Å². The third kappa shape index (κ3) is 3.19. The van der Waals surface area contributed by atoms with E-state index in [1.165, 1.54) is 51.4 Å². The lowest BCUT2D eigenvalue weighted by Gasteiger charge is -2.29. The van der Waals surface area contributed by atoms with Gasteiger partial charge in [0, 0.05) is 35.4 Å². The first kappa shape index (κ1) is 18.8. The Morgan fingerprint density at radius 2 is 1.83 bits per heavy atom. The topological polar surface area (TPSA) is 33.3 Å². The Labute approximate surface area is 175 Å². The number of hydrogen-bond donors (Lipinski definition) is 2. The molecule has 0 saturated carbocycles. The van der Waals surface area contributed by atoms with Gasteiger partial charge in [0.15, 0.2) is 0 Å². The second-order valence-corrected chi connectivity index (χ2v) is 10.5. The summed E-state index contributed by atoms with van der Waals surface area (Å²) in [7, 11) is 0. The van der Waals surface area contributed by atoms with Gasteiger partial charge in [-0.25, -0.2) is 0 Å². The zero-order chi connectivity index (χ0) is 20.4. The Bertz CT molecular complexity index is 905. The minimum atomic E-state index is -0.106. The van der Waals surface area contributed by atoms with Crippen LogP contribution in [0.5, 0.6) is 5.75 Å². The van der Waals surface area contributed by atoms with Crippen LogP contribution in [-0.4, -0.2) is 17.7 Å². The average molecular weight is 391 g/mol. The fourth-order valence-corrected chi connectivity index (χ4v) is 5.85. The highest BCUT2D eigenvalue weighted by Crippen LogP contribution is 2.49. The Hall–Kier alpha value is -2.16. The quantitative estimate of drug-likeness (QED) is 0.679. The highest BCUT2D eigenvalue weighted by molar-refractivity contribution is 5.73. The molecule has 2 atom stereocenters. The van der Waals surface area contributed by atoms with Gasteiger partial charge in [0.05, 0.1) is 0 Å². The van der Waals surface area contributed by atoms with Crippen molar-refractivity contribution in [2.45, 2.75) is 77.9 Å². The van der Waals surface area contributed by atoms with Gasteiger partial charge in [-0.05, 0) is 94.5 Å². The molecule has 3 heterocycles. The minimum absolute atomic E-state index is 0.106. The zero-order valence-electron chi connectivity index (χ0n) is 18.5. The molecule has 5 rings (SSSR count). The molecule has 2 aromatic rings. The summed E-state index contributed by atoms with van der Waals surface area (Å²) in [5.74, 6) is 1.80. The third-order valence-electron chi connectivity index (χ3n) is 7.32. The van der Waals surface area contributed by atoms with Crippen LogP contribution in [0.1, 0.15) is 61.4 Å². The van der Waals surface area contributed by atoms with Crippen LogP contribution in [-0.2, 0) is 19.3 Å². The number of aryl methyl sites for hydroxylation is 1. The lowest BCUT2D eigenvalue weighted by molar-refractivity contribution is 0.0845. The van der Waals surface area contributed by atoms with E-state index < -0.39 is 0 Å². The summed E-state index contributed by atoms with van der Waals surface area (Å²) in [6, 6.07) is 8.75. The summed E-state index contributed by atoms with van der Waals surface area (Å²) in [4.78, 5) is 0. The molecule has 0 aromatic heterocycles. The number of nitrogens with one attached hydrogen (secondary N) is 2. The van der Waals surface area contributed by atoms with Gasteiger partial charge in [-0.1, -0.05) is 18.2 Å². The molecule has 0 spiro atoms. The van der Waals surface area contributed by atoms with Gasteiger partial charge in [-0.15, -0.1) is 0 Å². The smallest absolute Gasteiger partial charge is 0.127 e. The van der Waals surface area contributed by atoms with E-state index in [0.29, 0.717) is 5.92 Å². The van der Waals surface area contributed by atoms with Crippen molar-refractivity contribution >= 4 is 11.4 Å². The summed E-state index contributed by atoms with van der Waals surface area (Å²) in [6.45, 7) is 12.5. The van der Waals surface area contributed by atoms with Crippen LogP contribution in [0.15, 0.2) is 24.3 Å². The van der Waals surface area contributed by atoms with Gasteiger partial charge < -0.3 is 15.4 Å². The van der Waals surface area contributed by atoms with Gasteiger partial charge >= 0.3 is 0 Å². The maximum atomic E-state index is 6.76. The maximum Gasteiger partial charge on any atom is 0.127 e. The molecule has 3 heteroatoms. The summed E-state index contributed by atoms with van der Waals surface area (Å²) >= 11 is 0. The highest BCUT2D eigenvalue weighted by atomic mass is 16.5.